The predicted molar refractivity (Wildman–Crippen MR) is 89.7 cm³/mol. The highest BCUT2D eigenvalue weighted by Crippen LogP contribution is 2.23. The third kappa shape index (κ3) is 6.33. The first-order valence-corrected chi connectivity index (χ1v) is 8.25. The van der Waals surface area contributed by atoms with Crippen LogP contribution in [0.5, 0.6) is 0 Å². The van der Waals surface area contributed by atoms with E-state index in [9.17, 15) is 18.3 Å². The van der Waals surface area contributed by atoms with Gasteiger partial charge in [0.15, 0.2) is 0 Å². The number of carbonyl (C=O) groups is 1. The predicted octanol–water partition coefficient (Wildman–Crippen LogP) is 1.63. The largest absolute Gasteiger partial charge is 0.490 e. The number of pyridine rings is 1. The molecule has 1 fully saturated rings. The number of aromatic nitrogens is 3. The minimum absolute atomic E-state index is 0.166. The number of aliphatic hydroxyl groups is 1. The van der Waals surface area contributed by atoms with E-state index in [1.807, 2.05) is 36.4 Å². The Balaban J connectivity index is 0.000000321. The summed E-state index contributed by atoms with van der Waals surface area (Å²) in [5.41, 5.74) is 2.37. The van der Waals surface area contributed by atoms with Gasteiger partial charge in [0.1, 0.15) is 0 Å². The maximum atomic E-state index is 10.6. The van der Waals surface area contributed by atoms with Gasteiger partial charge in [0.05, 0.1) is 12.3 Å². The Morgan fingerprint density at radius 3 is 2.56 bits per heavy atom. The van der Waals surface area contributed by atoms with Crippen LogP contribution in [0.4, 0.5) is 13.2 Å². The first-order valence-electron chi connectivity index (χ1n) is 8.25. The number of rotatable bonds is 4. The minimum atomic E-state index is -5.08. The topological polar surface area (TPSA) is 91.5 Å². The highest BCUT2D eigenvalue weighted by molar-refractivity contribution is 5.73. The van der Waals surface area contributed by atoms with E-state index in [2.05, 4.69) is 21.0 Å². The van der Waals surface area contributed by atoms with E-state index in [1.165, 1.54) is 11.1 Å². The number of carboxylic acids is 1. The third-order valence-electron chi connectivity index (χ3n) is 4.18. The lowest BCUT2D eigenvalue weighted by Gasteiger charge is -2.25. The lowest BCUT2D eigenvalue weighted by Crippen LogP contribution is -2.36. The van der Waals surface area contributed by atoms with Crippen LogP contribution in [0.2, 0.25) is 0 Å². The molecule has 27 heavy (non-hydrogen) atoms. The van der Waals surface area contributed by atoms with Gasteiger partial charge in [-0.05, 0) is 30.0 Å². The Morgan fingerprint density at radius 2 is 2.04 bits per heavy atom. The van der Waals surface area contributed by atoms with Gasteiger partial charge in [-0.15, -0.1) is 0 Å². The van der Waals surface area contributed by atoms with Gasteiger partial charge in [0.25, 0.3) is 0 Å². The molecule has 2 aromatic heterocycles. The summed E-state index contributed by atoms with van der Waals surface area (Å²) < 4.78 is 33.5. The number of hydrogen-bond acceptors (Lipinski definition) is 5. The van der Waals surface area contributed by atoms with Crippen molar-refractivity contribution in [1.29, 1.82) is 0 Å². The molecule has 0 spiro atoms. The highest BCUT2D eigenvalue weighted by Gasteiger charge is 2.38. The summed E-state index contributed by atoms with van der Waals surface area (Å²) in [6.07, 6.45) is 3.93. The van der Waals surface area contributed by atoms with Gasteiger partial charge >= 0.3 is 12.1 Å². The van der Waals surface area contributed by atoms with E-state index in [4.69, 9.17) is 9.90 Å². The molecule has 10 heteroatoms. The molecule has 7 nitrogen and oxygen atoms in total. The number of halogens is 3. The second kappa shape index (κ2) is 8.96. The highest BCUT2D eigenvalue weighted by atomic mass is 19.4. The van der Waals surface area contributed by atoms with Gasteiger partial charge in [-0.1, -0.05) is 6.07 Å². The summed E-state index contributed by atoms with van der Waals surface area (Å²) in [4.78, 5) is 15.4. The van der Waals surface area contributed by atoms with Crippen molar-refractivity contribution in [3.05, 3.63) is 48.0 Å². The number of carboxylic acid groups (broad SMARTS) is 1. The van der Waals surface area contributed by atoms with E-state index in [0.29, 0.717) is 0 Å². The number of alkyl halides is 3. The molecule has 0 bridgehead atoms. The number of aryl methyl sites for hydroxylation is 1. The smallest absolute Gasteiger partial charge is 0.475 e. The zero-order chi connectivity index (χ0) is 20.0. The van der Waals surface area contributed by atoms with Crippen LogP contribution in [-0.2, 0) is 24.8 Å². The van der Waals surface area contributed by atoms with Crippen LogP contribution < -0.4 is 0 Å². The number of aliphatic carboxylic acids is 1. The fourth-order valence-electron chi connectivity index (χ4n) is 2.91. The Labute approximate surface area is 154 Å². The molecular weight excluding hydrogens is 365 g/mol. The molecule has 0 saturated carbocycles. The molecule has 0 unspecified atom stereocenters. The van der Waals surface area contributed by atoms with Crippen LogP contribution in [0.1, 0.15) is 17.5 Å². The molecule has 0 aliphatic carbocycles. The molecule has 2 aromatic rings. The Kier molecular flexibility index (Phi) is 6.92. The van der Waals surface area contributed by atoms with Gasteiger partial charge in [0, 0.05) is 44.8 Å². The molecule has 1 aliphatic heterocycles. The number of hydrogen-bond donors (Lipinski definition) is 2. The van der Waals surface area contributed by atoms with Gasteiger partial charge in [-0.3, -0.25) is 14.6 Å². The first kappa shape index (κ1) is 20.8. The molecule has 2 N–H and O–H groups in total. The zero-order valence-electron chi connectivity index (χ0n) is 14.7. The number of likely N-dealkylation sites (tertiary alicyclic amines) is 1. The van der Waals surface area contributed by atoms with Crippen LogP contribution in [0.3, 0.4) is 0 Å². The molecule has 1 saturated heterocycles. The summed E-state index contributed by atoms with van der Waals surface area (Å²) in [6.45, 7) is 1.77. The van der Waals surface area contributed by atoms with Crippen molar-refractivity contribution in [3.63, 3.8) is 0 Å². The second-order valence-electron chi connectivity index (χ2n) is 6.28. The van der Waals surface area contributed by atoms with Crippen molar-refractivity contribution in [2.75, 3.05) is 6.54 Å². The van der Waals surface area contributed by atoms with Crippen molar-refractivity contribution < 1.29 is 28.2 Å². The molecule has 0 radical (unpaired) electrons. The van der Waals surface area contributed by atoms with Gasteiger partial charge in [-0.25, -0.2) is 4.79 Å². The van der Waals surface area contributed by atoms with Crippen LogP contribution in [0.25, 0.3) is 0 Å². The summed E-state index contributed by atoms with van der Waals surface area (Å²) in [6, 6.07) is 4.20. The van der Waals surface area contributed by atoms with Crippen molar-refractivity contribution >= 4 is 5.97 Å². The van der Waals surface area contributed by atoms with Crippen molar-refractivity contribution in [3.8, 4) is 0 Å². The van der Waals surface area contributed by atoms with Gasteiger partial charge < -0.3 is 10.2 Å². The molecule has 2 atom stereocenters. The Bertz CT molecular complexity index is 737. The minimum Gasteiger partial charge on any atom is -0.475 e. The fourth-order valence-corrected chi connectivity index (χ4v) is 2.91. The quantitative estimate of drug-likeness (QED) is 0.830. The van der Waals surface area contributed by atoms with Crippen LogP contribution in [0, 0.1) is 0 Å². The maximum Gasteiger partial charge on any atom is 0.490 e. The van der Waals surface area contributed by atoms with Crippen LogP contribution >= 0.6 is 0 Å². The second-order valence-corrected chi connectivity index (χ2v) is 6.28. The average Bonchev–Trinajstić information content (AvgIpc) is 3.16. The summed E-state index contributed by atoms with van der Waals surface area (Å²) in [5.74, 6) is -2.76. The number of aliphatic hydroxyl groups excluding tert-OH is 1. The molecule has 3 heterocycles. The van der Waals surface area contributed by atoms with Crippen molar-refractivity contribution in [1.82, 2.24) is 19.7 Å². The maximum absolute atomic E-state index is 10.6. The van der Waals surface area contributed by atoms with E-state index in [0.717, 1.165) is 25.9 Å². The third-order valence-corrected chi connectivity index (χ3v) is 4.18. The number of nitrogens with zero attached hydrogens (tertiary/aromatic N) is 4. The molecule has 3 rings (SSSR count). The first-order chi connectivity index (χ1) is 12.7. The zero-order valence-corrected chi connectivity index (χ0v) is 14.7. The summed E-state index contributed by atoms with van der Waals surface area (Å²) >= 11 is 0. The Morgan fingerprint density at radius 1 is 1.33 bits per heavy atom. The Hall–Kier alpha value is -2.46. The molecule has 0 aromatic carbocycles. The van der Waals surface area contributed by atoms with E-state index in [1.54, 1.807) is 6.20 Å². The molecule has 0 amide bonds. The lowest BCUT2D eigenvalue weighted by molar-refractivity contribution is -0.192. The SMILES string of the molecule is Cn1cc(C[C@H]2[C@H](O)CCN2Cc2cccnc2)cn1.O=C(O)C(F)(F)F. The molecule has 1 aliphatic rings. The van der Waals surface area contributed by atoms with E-state index < -0.39 is 12.1 Å². The van der Waals surface area contributed by atoms with Crippen molar-refractivity contribution in [2.45, 2.75) is 37.7 Å². The normalized spacial score (nSPS) is 20.2. The fraction of sp³-hybridized carbons (Fsp3) is 0.471. The van der Waals surface area contributed by atoms with Crippen LogP contribution in [-0.4, -0.2) is 60.7 Å². The van der Waals surface area contributed by atoms with E-state index in [-0.39, 0.29) is 12.1 Å². The molecule has 148 valence electrons. The summed E-state index contributed by atoms with van der Waals surface area (Å²) in [7, 11) is 1.92. The van der Waals surface area contributed by atoms with Gasteiger partial charge in [-0.2, -0.15) is 18.3 Å². The standard InChI is InChI=1S/C15H20N4O.C2HF3O2/c1-18-10-13(9-17-18)7-14-15(20)4-6-19(14)11-12-3-2-5-16-8-12;3-2(4,5)1(6)7/h2-3,5,8-10,14-15,20H,4,6-7,11H2,1H3;(H,6,7)/t14-,15+;/m0./s1. The molecular formula is C17H21F3N4O3. The lowest BCUT2D eigenvalue weighted by atomic mass is 10.0. The summed E-state index contributed by atoms with van der Waals surface area (Å²) in [5, 5.41) is 21.5. The average molecular weight is 386 g/mol. The van der Waals surface area contributed by atoms with Crippen LogP contribution in [0.15, 0.2) is 36.9 Å². The van der Waals surface area contributed by atoms with E-state index >= 15 is 0 Å². The monoisotopic (exact) mass is 386 g/mol. The van der Waals surface area contributed by atoms with Gasteiger partial charge in [0.2, 0.25) is 0 Å². The van der Waals surface area contributed by atoms with Crippen molar-refractivity contribution in [2.24, 2.45) is 7.05 Å².